The van der Waals surface area contributed by atoms with Crippen molar-refractivity contribution in [3.8, 4) is 0 Å². The number of benzene rings is 1. The largest absolute Gasteiger partial charge is 0.341 e. The molecule has 134 valence electrons. The van der Waals surface area contributed by atoms with E-state index in [0.29, 0.717) is 6.04 Å². The van der Waals surface area contributed by atoms with Crippen LogP contribution in [-0.2, 0) is 14.6 Å². The Bertz CT molecular complexity index is 680. The van der Waals surface area contributed by atoms with Gasteiger partial charge >= 0.3 is 5.76 Å². The highest BCUT2D eigenvalue weighted by Crippen LogP contribution is 2.26. The minimum Gasteiger partial charge on any atom is -0.324 e. The molecule has 0 aliphatic carbocycles. The summed E-state index contributed by atoms with van der Waals surface area (Å²) >= 11 is 0. The van der Waals surface area contributed by atoms with Gasteiger partial charge < -0.3 is 5.32 Å². The van der Waals surface area contributed by atoms with Crippen LogP contribution in [0, 0.1) is 0 Å². The fourth-order valence-corrected chi connectivity index (χ4v) is 3.90. The molecule has 0 spiro atoms. The van der Waals surface area contributed by atoms with Crippen molar-refractivity contribution in [2.75, 3.05) is 18.4 Å². The van der Waals surface area contributed by atoms with Crippen LogP contribution in [0.2, 0.25) is 0 Å². The Hall–Kier alpha value is -1.54. The summed E-state index contributed by atoms with van der Waals surface area (Å²) in [5.41, 5.74) is -0.104. The monoisotopic (exact) mass is 360 g/mol. The summed E-state index contributed by atoms with van der Waals surface area (Å²) in [5.74, 6) is -3.92. The van der Waals surface area contributed by atoms with Gasteiger partial charge in [0.2, 0.25) is 15.7 Å². The molecule has 2 rings (SSSR count). The van der Waals surface area contributed by atoms with E-state index in [0.717, 1.165) is 38.3 Å². The minimum atomic E-state index is -4.76. The zero-order chi connectivity index (χ0) is 17.7. The molecule has 0 aromatic heterocycles. The first kappa shape index (κ1) is 18.8. The van der Waals surface area contributed by atoms with E-state index in [1.807, 2.05) is 0 Å². The molecule has 1 saturated heterocycles. The molecule has 0 saturated carbocycles. The number of anilines is 1. The van der Waals surface area contributed by atoms with Crippen molar-refractivity contribution in [2.24, 2.45) is 0 Å². The van der Waals surface area contributed by atoms with E-state index < -0.39 is 26.4 Å². The average Bonchev–Trinajstić information content (AvgIpc) is 2.55. The van der Waals surface area contributed by atoms with Crippen molar-refractivity contribution in [3.63, 3.8) is 0 Å². The third-order valence-electron chi connectivity index (χ3n) is 4.27. The molecule has 1 aliphatic rings. The van der Waals surface area contributed by atoms with E-state index >= 15 is 0 Å². The maximum Gasteiger partial charge on any atom is 0.341 e. The summed E-state index contributed by atoms with van der Waals surface area (Å²) in [7, 11) is -4.76. The van der Waals surface area contributed by atoms with E-state index in [1.54, 1.807) is 0 Å². The van der Waals surface area contributed by atoms with Gasteiger partial charge in [-0.1, -0.05) is 25.5 Å². The number of amides is 1. The van der Waals surface area contributed by atoms with Gasteiger partial charge in [-0.15, -0.1) is 0 Å². The summed E-state index contributed by atoms with van der Waals surface area (Å²) in [5, 5.41) is 2.47. The lowest BCUT2D eigenvalue weighted by molar-refractivity contribution is -0.118. The minimum absolute atomic E-state index is 0.104. The number of alkyl halides is 2. The third-order valence-corrected chi connectivity index (χ3v) is 5.71. The first-order valence-electron chi connectivity index (χ1n) is 8.01. The first-order valence-corrected chi connectivity index (χ1v) is 9.56. The number of piperidine rings is 1. The van der Waals surface area contributed by atoms with Crippen molar-refractivity contribution in [3.05, 3.63) is 24.3 Å². The molecule has 1 heterocycles. The second-order valence-electron chi connectivity index (χ2n) is 5.88. The Morgan fingerprint density at radius 1 is 1.33 bits per heavy atom. The SMILES string of the molecule is CCC1CCCCN1CC(=O)Nc1ccccc1S(=O)(=O)C(F)F. The number of rotatable bonds is 6. The molecule has 1 aromatic carbocycles. The van der Waals surface area contributed by atoms with Crippen LogP contribution in [0.5, 0.6) is 0 Å². The Morgan fingerprint density at radius 2 is 2.04 bits per heavy atom. The topological polar surface area (TPSA) is 66.5 Å². The summed E-state index contributed by atoms with van der Waals surface area (Å²) in [4.78, 5) is 13.8. The normalized spacial score (nSPS) is 19.4. The average molecular weight is 360 g/mol. The summed E-state index contributed by atoms with van der Waals surface area (Å²) in [6.45, 7) is 3.00. The van der Waals surface area contributed by atoms with Gasteiger partial charge in [0, 0.05) is 6.04 Å². The van der Waals surface area contributed by atoms with E-state index in [4.69, 9.17) is 0 Å². The van der Waals surface area contributed by atoms with Gasteiger partial charge in [-0.25, -0.2) is 8.42 Å². The maximum atomic E-state index is 12.8. The van der Waals surface area contributed by atoms with Crippen LogP contribution in [0.25, 0.3) is 0 Å². The van der Waals surface area contributed by atoms with Crippen LogP contribution in [0.3, 0.4) is 0 Å². The molecule has 1 amide bonds. The van der Waals surface area contributed by atoms with Crippen LogP contribution in [0.4, 0.5) is 14.5 Å². The molecule has 1 aliphatic heterocycles. The molecule has 1 atom stereocenters. The van der Waals surface area contributed by atoms with Gasteiger partial charge in [-0.2, -0.15) is 8.78 Å². The number of carbonyl (C=O) groups excluding carboxylic acids is 1. The lowest BCUT2D eigenvalue weighted by atomic mass is 10.00. The molecular formula is C16H22F2N2O3S. The van der Waals surface area contributed by atoms with E-state index in [2.05, 4.69) is 17.1 Å². The lowest BCUT2D eigenvalue weighted by Crippen LogP contribution is -2.43. The zero-order valence-corrected chi connectivity index (χ0v) is 14.4. The summed E-state index contributed by atoms with van der Waals surface area (Å²) in [6.07, 6.45) is 4.11. The maximum absolute atomic E-state index is 12.8. The zero-order valence-electron chi connectivity index (χ0n) is 13.5. The summed E-state index contributed by atoms with van der Waals surface area (Å²) in [6, 6.07) is 5.57. The van der Waals surface area contributed by atoms with Crippen molar-refractivity contribution in [1.29, 1.82) is 0 Å². The molecule has 5 nitrogen and oxygen atoms in total. The predicted octanol–water partition coefficient (Wildman–Crippen LogP) is 2.89. The second-order valence-corrected chi connectivity index (χ2v) is 7.76. The summed E-state index contributed by atoms with van der Waals surface area (Å²) < 4.78 is 49.0. The quantitative estimate of drug-likeness (QED) is 0.847. The molecule has 1 N–H and O–H groups in total. The van der Waals surface area contributed by atoms with Gasteiger partial charge in [0.1, 0.15) is 0 Å². The number of nitrogens with zero attached hydrogens (tertiary/aromatic N) is 1. The fraction of sp³-hybridized carbons (Fsp3) is 0.562. The molecule has 1 aromatic rings. The molecule has 0 radical (unpaired) electrons. The highest BCUT2D eigenvalue weighted by atomic mass is 32.2. The van der Waals surface area contributed by atoms with Crippen LogP contribution in [0.1, 0.15) is 32.6 Å². The molecule has 1 unspecified atom stereocenters. The Morgan fingerprint density at radius 3 is 2.71 bits per heavy atom. The highest BCUT2D eigenvalue weighted by Gasteiger charge is 2.30. The number of hydrogen-bond acceptors (Lipinski definition) is 4. The Labute approximate surface area is 141 Å². The number of halogens is 2. The van der Waals surface area contributed by atoms with Gasteiger partial charge in [0.25, 0.3) is 0 Å². The van der Waals surface area contributed by atoms with Crippen molar-refractivity contribution >= 4 is 21.4 Å². The molecule has 24 heavy (non-hydrogen) atoms. The van der Waals surface area contributed by atoms with E-state index in [-0.39, 0.29) is 12.2 Å². The number of likely N-dealkylation sites (tertiary alicyclic amines) is 1. The number of para-hydroxylation sites is 1. The molecule has 8 heteroatoms. The van der Waals surface area contributed by atoms with E-state index in [1.165, 1.54) is 18.2 Å². The number of carbonyl (C=O) groups is 1. The van der Waals surface area contributed by atoms with Crippen LogP contribution in [0.15, 0.2) is 29.2 Å². The van der Waals surface area contributed by atoms with Gasteiger partial charge in [0.15, 0.2) is 0 Å². The number of hydrogen-bond donors (Lipinski definition) is 1. The first-order chi connectivity index (χ1) is 11.4. The molecule has 1 fully saturated rings. The second kappa shape index (κ2) is 8.02. The lowest BCUT2D eigenvalue weighted by Gasteiger charge is -2.34. The Balaban J connectivity index is 2.12. The van der Waals surface area contributed by atoms with Crippen molar-refractivity contribution < 1.29 is 22.0 Å². The van der Waals surface area contributed by atoms with Crippen LogP contribution >= 0.6 is 0 Å². The number of nitrogens with one attached hydrogen (secondary N) is 1. The Kier molecular flexibility index (Phi) is 6.28. The standard InChI is InChI=1S/C16H22F2N2O3S/c1-2-12-7-5-6-10-20(12)11-15(21)19-13-8-3-4-9-14(13)24(22,23)16(17)18/h3-4,8-9,12,16H,2,5-7,10-11H2,1H3,(H,19,21). The van der Waals surface area contributed by atoms with Crippen molar-refractivity contribution in [2.45, 2.75) is 49.3 Å². The fourth-order valence-electron chi connectivity index (χ4n) is 3.02. The van der Waals surface area contributed by atoms with Crippen LogP contribution < -0.4 is 5.32 Å². The van der Waals surface area contributed by atoms with Crippen LogP contribution in [-0.4, -0.2) is 44.1 Å². The molecule has 0 bridgehead atoms. The predicted molar refractivity (Wildman–Crippen MR) is 87.8 cm³/mol. The van der Waals surface area contributed by atoms with Gasteiger partial charge in [-0.05, 0) is 37.9 Å². The smallest absolute Gasteiger partial charge is 0.324 e. The van der Waals surface area contributed by atoms with Crippen molar-refractivity contribution in [1.82, 2.24) is 4.90 Å². The van der Waals surface area contributed by atoms with Gasteiger partial charge in [-0.3, -0.25) is 9.69 Å². The third kappa shape index (κ3) is 4.30. The number of sulfone groups is 1. The molecular weight excluding hydrogens is 338 g/mol. The van der Waals surface area contributed by atoms with E-state index in [9.17, 15) is 22.0 Å². The highest BCUT2D eigenvalue weighted by molar-refractivity contribution is 7.91. The van der Waals surface area contributed by atoms with Gasteiger partial charge in [0.05, 0.1) is 17.1 Å².